The first-order chi connectivity index (χ1) is 9.43. The molecule has 0 bridgehead atoms. The maximum Gasteiger partial charge on any atom is 0.130 e. The summed E-state index contributed by atoms with van der Waals surface area (Å²) >= 11 is 6.32. The van der Waals surface area contributed by atoms with Gasteiger partial charge in [0, 0.05) is 18.8 Å². The minimum absolute atomic E-state index is 0.135. The van der Waals surface area contributed by atoms with E-state index in [1.54, 1.807) is 4.68 Å². The Hall–Kier alpha value is -1.39. The molecule has 108 valence electrons. The van der Waals surface area contributed by atoms with Gasteiger partial charge in [-0.1, -0.05) is 17.7 Å². The van der Waals surface area contributed by atoms with Gasteiger partial charge in [-0.05, 0) is 45.4 Å². The van der Waals surface area contributed by atoms with Crippen LogP contribution in [0.4, 0.5) is 0 Å². The first kappa shape index (κ1) is 15.0. The van der Waals surface area contributed by atoms with Crippen LogP contribution >= 0.6 is 11.6 Å². The number of hydrogen-bond donors (Lipinski definition) is 1. The van der Waals surface area contributed by atoms with Gasteiger partial charge in [-0.15, -0.1) is 0 Å². The Kier molecular flexibility index (Phi) is 4.45. The molecule has 0 amide bonds. The van der Waals surface area contributed by atoms with Gasteiger partial charge in [0.2, 0.25) is 0 Å². The van der Waals surface area contributed by atoms with Crippen molar-refractivity contribution in [2.75, 3.05) is 7.05 Å². The topological polar surface area (TPSA) is 42.7 Å². The Labute approximate surface area is 125 Å². The predicted octanol–water partition coefficient (Wildman–Crippen LogP) is 2.90. The van der Waals surface area contributed by atoms with Crippen molar-refractivity contribution in [3.05, 3.63) is 45.5 Å². The van der Waals surface area contributed by atoms with Crippen LogP contribution in [0.15, 0.2) is 12.3 Å². The molecule has 0 fully saturated rings. The van der Waals surface area contributed by atoms with Crippen molar-refractivity contribution in [1.82, 2.24) is 20.1 Å². The fourth-order valence-corrected chi connectivity index (χ4v) is 2.79. The molecule has 0 aliphatic heterocycles. The lowest BCUT2D eigenvalue weighted by Crippen LogP contribution is -2.21. The number of halogens is 1. The van der Waals surface area contributed by atoms with Crippen LogP contribution in [0, 0.1) is 20.8 Å². The SMILES string of the molecule is CNC(Cc1c(C)nn(C)c1Cl)c1ncc(C)cc1C. The van der Waals surface area contributed by atoms with Crippen molar-refractivity contribution in [1.29, 1.82) is 0 Å². The monoisotopic (exact) mass is 292 g/mol. The Morgan fingerprint density at radius 1 is 1.35 bits per heavy atom. The highest BCUT2D eigenvalue weighted by atomic mass is 35.5. The van der Waals surface area contributed by atoms with E-state index in [4.69, 9.17) is 11.6 Å². The molecule has 4 nitrogen and oxygen atoms in total. The summed E-state index contributed by atoms with van der Waals surface area (Å²) < 4.78 is 1.72. The fraction of sp³-hybridized carbons (Fsp3) is 0.467. The summed E-state index contributed by atoms with van der Waals surface area (Å²) in [5.41, 5.74) is 5.49. The number of hydrogen-bond acceptors (Lipinski definition) is 3. The lowest BCUT2D eigenvalue weighted by molar-refractivity contribution is 0.570. The Morgan fingerprint density at radius 3 is 2.55 bits per heavy atom. The van der Waals surface area contributed by atoms with Gasteiger partial charge in [-0.3, -0.25) is 9.67 Å². The molecular weight excluding hydrogens is 272 g/mol. The van der Waals surface area contributed by atoms with E-state index < -0.39 is 0 Å². The third-order valence-electron chi connectivity index (χ3n) is 3.61. The van der Waals surface area contributed by atoms with Gasteiger partial charge in [0.15, 0.2) is 0 Å². The van der Waals surface area contributed by atoms with Crippen LogP contribution < -0.4 is 5.32 Å². The minimum Gasteiger partial charge on any atom is -0.311 e. The van der Waals surface area contributed by atoms with Gasteiger partial charge < -0.3 is 5.32 Å². The molecule has 2 heterocycles. The first-order valence-electron chi connectivity index (χ1n) is 6.72. The van der Waals surface area contributed by atoms with Crippen LogP contribution in [0.25, 0.3) is 0 Å². The van der Waals surface area contributed by atoms with E-state index in [1.807, 2.05) is 27.2 Å². The number of pyridine rings is 1. The maximum atomic E-state index is 6.32. The van der Waals surface area contributed by atoms with Gasteiger partial charge in [0.05, 0.1) is 17.4 Å². The zero-order valence-corrected chi connectivity index (χ0v) is 13.4. The summed E-state index contributed by atoms with van der Waals surface area (Å²) in [6, 6.07) is 2.29. The number of aromatic nitrogens is 3. The molecule has 2 rings (SSSR count). The van der Waals surface area contributed by atoms with E-state index in [0.29, 0.717) is 5.15 Å². The van der Waals surface area contributed by atoms with Gasteiger partial charge in [-0.2, -0.15) is 5.10 Å². The molecule has 0 radical (unpaired) electrons. The summed E-state index contributed by atoms with van der Waals surface area (Å²) in [5.74, 6) is 0. The summed E-state index contributed by atoms with van der Waals surface area (Å²) in [6.07, 6.45) is 2.69. The summed E-state index contributed by atoms with van der Waals surface area (Å²) in [7, 11) is 3.81. The largest absolute Gasteiger partial charge is 0.311 e. The van der Waals surface area contributed by atoms with Crippen LogP contribution in [0.5, 0.6) is 0 Å². The molecular formula is C15H21ClN4. The summed E-state index contributed by atoms with van der Waals surface area (Å²) in [5, 5.41) is 8.40. The summed E-state index contributed by atoms with van der Waals surface area (Å²) in [4.78, 5) is 4.58. The van der Waals surface area contributed by atoms with Crippen LogP contribution in [0.2, 0.25) is 5.15 Å². The number of likely N-dealkylation sites (N-methyl/N-ethyl adjacent to an activating group) is 1. The van der Waals surface area contributed by atoms with E-state index in [2.05, 4.69) is 35.3 Å². The highest BCUT2D eigenvalue weighted by molar-refractivity contribution is 6.30. The smallest absolute Gasteiger partial charge is 0.130 e. The molecule has 1 atom stereocenters. The fourth-order valence-electron chi connectivity index (χ4n) is 2.54. The number of nitrogens with zero attached hydrogens (tertiary/aromatic N) is 3. The average molecular weight is 293 g/mol. The second kappa shape index (κ2) is 5.94. The minimum atomic E-state index is 0.135. The van der Waals surface area contributed by atoms with Crippen molar-refractivity contribution < 1.29 is 0 Å². The molecule has 0 spiro atoms. The van der Waals surface area contributed by atoms with Gasteiger partial charge in [-0.25, -0.2) is 0 Å². The molecule has 2 aromatic heterocycles. The summed E-state index contributed by atoms with van der Waals surface area (Å²) in [6.45, 7) is 6.14. The van der Waals surface area contributed by atoms with E-state index in [0.717, 1.165) is 23.4 Å². The van der Waals surface area contributed by atoms with E-state index >= 15 is 0 Å². The maximum absolute atomic E-state index is 6.32. The van der Waals surface area contributed by atoms with Crippen molar-refractivity contribution in [2.45, 2.75) is 33.2 Å². The molecule has 0 aliphatic rings. The first-order valence-corrected chi connectivity index (χ1v) is 7.10. The number of nitrogens with one attached hydrogen (secondary N) is 1. The van der Waals surface area contributed by atoms with Gasteiger partial charge in [0.1, 0.15) is 5.15 Å². The van der Waals surface area contributed by atoms with Crippen molar-refractivity contribution in [2.24, 2.45) is 7.05 Å². The normalized spacial score (nSPS) is 12.7. The molecule has 0 saturated carbocycles. The standard InChI is InChI=1S/C15H21ClN4/c1-9-6-10(2)14(18-8-9)13(17-4)7-12-11(3)19-20(5)15(12)16/h6,8,13,17H,7H2,1-5H3. The zero-order chi connectivity index (χ0) is 14.9. The molecule has 5 heteroatoms. The number of rotatable bonds is 4. The Morgan fingerprint density at radius 2 is 2.05 bits per heavy atom. The van der Waals surface area contributed by atoms with Crippen molar-refractivity contribution in [3.8, 4) is 0 Å². The van der Waals surface area contributed by atoms with Crippen LogP contribution in [0.3, 0.4) is 0 Å². The third-order valence-corrected chi connectivity index (χ3v) is 4.08. The highest BCUT2D eigenvalue weighted by Gasteiger charge is 2.19. The Balaban J connectivity index is 2.33. The van der Waals surface area contributed by atoms with E-state index in [9.17, 15) is 0 Å². The molecule has 20 heavy (non-hydrogen) atoms. The lowest BCUT2D eigenvalue weighted by atomic mass is 10.00. The lowest BCUT2D eigenvalue weighted by Gasteiger charge is -2.18. The second-order valence-corrected chi connectivity index (χ2v) is 5.60. The Bertz CT molecular complexity index is 619. The van der Waals surface area contributed by atoms with Gasteiger partial charge in [0.25, 0.3) is 0 Å². The molecule has 0 saturated heterocycles. The van der Waals surface area contributed by atoms with E-state index in [-0.39, 0.29) is 6.04 Å². The van der Waals surface area contributed by atoms with Crippen LogP contribution in [-0.4, -0.2) is 21.8 Å². The molecule has 2 aromatic rings. The average Bonchev–Trinajstić information content (AvgIpc) is 2.62. The van der Waals surface area contributed by atoms with E-state index in [1.165, 1.54) is 11.1 Å². The van der Waals surface area contributed by atoms with Crippen molar-refractivity contribution >= 4 is 11.6 Å². The zero-order valence-electron chi connectivity index (χ0n) is 12.7. The number of aryl methyl sites for hydroxylation is 4. The third kappa shape index (κ3) is 2.86. The molecule has 0 aliphatic carbocycles. The van der Waals surface area contributed by atoms with Crippen LogP contribution in [-0.2, 0) is 13.5 Å². The molecule has 1 N–H and O–H groups in total. The van der Waals surface area contributed by atoms with Crippen molar-refractivity contribution in [3.63, 3.8) is 0 Å². The van der Waals surface area contributed by atoms with Gasteiger partial charge >= 0.3 is 0 Å². The highest BCUT2D eigenvalue weighted by Crippen LogP contribution is 2.26. The molecule has 0 aromatic carbocycles. The quantitative estimate of drug-likeness (QED) is 0.942. The second-order valence-electron chi connectivity index (χ2n) is 5.24. The van der Waals surface area contributed by atoms with Crippen LogP contribution in [0.1, 0.15) is 34.1 Å². The molecule has 1 unspecified atom stereocenters. The predicted molar refractivity (Wildman–Crippen MR) is 82.2 cm³/mol.